The van der Waals surface area contributed by atoms with Gasteiger partial charge in [0.2, 0.25) is 5.91 Å². The Balaban J connectivity index is 2.43. The molecule has 1 N–H and O–H groups in total. The predicted molar refractivity (Wildman–Crippen MR) is 85.6 cm³/mol. The minimum Gasteiger partial charge on any atom is -0.458 e. The molecule has 0 fully saturated rings. The second-order valence-corrected chi connectivity index (χ2v) is 6.97. The summed E-state index contributed by atoms with van der Waals surface area (Å²) < 4.78 is 5.20. The molecule has 0 heterocycles. The highest BCUT2D eigenvalue weighted by atomic mass is 35.5. The standard InChI is InChI=1S/C15H20ClNO3S/c1-10(14(19)20-15(2,3)4)17-13(18)9-21-12-8-6-5-7-11(12)16/h5-8,10H,9H2,1-4H3,(H,17,18)/t10-/m0/s1. The molecule has 1 amide bonds. The Kier molecular flexibility index (Phi) is 6.55. The topological polar surface area (TPSA) is 55.4 Å². The van der Waals surface area contributed by atoms with Crippen LogP contribution in [-0.2, 0) is 14.3 Å². The number of esters is 1. The first-order valence-electron chi connectivity index (χ1n) is 6.58. The first kappa shape index (κ1) is 17.9. The third-order valence-electron chi connectivity index (χ3n) is 2.33. The van der Waals surface area contributed by atoms with Crippen molar-refractivity contribution >= 4 is 35.2 Å². The van der Waals surface area contributed by atoms with Gasteiger partial charge in [0.25, 0.3) is 0 Å². The number of nitrogens with one attached hydrogen (secondary N) is 1. The van der Waals surface area contributed by atoms with Crippen LogP contribution in [0.3, 0.4) is 0 Å². The van der Waals surface area contributed by atoms with Crippen molar-refractivity contribution in [1.82, 2.24) is 5.32 Å². The number of thioether (sulfide) groups is 1. The van der Waals surface area contributed by atoms with Crippen molar-refractivity contribution in [3.8, 4) is 0 Å². The van der Waals surface area contributed by atoms with Crippen molar-refractivity contribution in [2.75, 3.05) is 5.75 Å². The quantitative estimate of drug-likeness (QED) is 0.665. The van der Waals surface area contributed by atoms with Crippen molar-refractivity contribution in [3.63, 3.8) is 0 Å². The van der Waals surface area contributed by atoms with Crippen LogP contribution in [0.1, 0.15) is 27.7 Å². The largest absolute Gasteiger partial charge is 0.458 e. The van der Waals surface area contributed by atoms with Gasteiger partial charge in [-0.3, -0.25) is 4.79 Å². The van der Waals surface area contributed by atoms with Crippen LogP contribution in [0.15, 0.2) is 29.2 Å². The normalized spacial score (nSPS) is 12.6. The highest BCUT2D eigenvalue weighted by Gasteiger charge is 2.22. The number of benzene rings is 1. The molecule has 0 bridgehead atoms. The molecule has 0 aliphatic carbocycles. The number of carbonyl (C=O) groups excluding carboxylic acids is 2. The Morgan fingerprint density at radius 1 is 1.33 bits per heavy atom. The average molecular weight is 330 g/mol. The molecule has 0 radical (unpaired) electrons. The zero-order valence-electron chi connectivity index (χ0n) is 12.6. The monoisotopic (exact) mass is 329 g/mol. The number of ether oxygens (including phenoxy) is 1. The van der Waals surface area contributed by atoms with E-state index < -0.39 is 17.6 Å². The SMILES string of the molecule is C[C@H](NC(=O)CSc1ccccc1Cl)C(=O)OC(C)(C)C. The zero-order chi connectivity index (χ0) is 16.0. The van der Waals surface area contributed by atoms with Crippen LogP contribution < -0.4 is 5.32 Å². The van der Waals surface area contributed by atoms with Crippen molar-refractivity contribution in [3.05, 3.63) is 29.3 Å². The van der Waals surface area contributed by atoms with E-state index in [1.54, 1.807) is 33.8 Å². The maximum absolute atomic E-state index is 11.8. The van der Waals surface area contributed by atoms with Crippen LogP contribution in [0.5, 0.6) is 0 Å². The minimum atomic E-state index is -0.677. The summed E-state index contributed by atoms with van der Waals surface area (Å²) >= 11 is 7.34. The smallest absolute Gasteiger partial charge is 0.328 e. The Morgan fingerprint density at radius 3 is 2.52 bits per heavy atom. The van der Waals surface area contributed by atoms with Crippen LogP contribution in [0.4, 0.5) is 0 Å². The maximum Gasteiger partial charge on any atom is 0.328 e. The molecule has 0 aromatic heterocycles. The molecule has 0 aliphatic heterocycles. The molecule has 21 heavy (non-hydrogen) atoms. The van der Waals surface area contributed by atoms with Crippen molar-refractivity contribution in [2.24, 2.45) is 0 Å². The van der Waals surface area contributed by atoms with Gasteiger partial charge in [0.15, 0.2) is 0 Å². The lowest BCUT2D eigenvalue weighted by molar-refractivity contribution is -0.157. The zero-order valence-corrected chi connectivity index (χ0v) is 14.2. The van der Waals surface area contributed by atoms with E-state index in [0.29, 0.717) is 5.02 Å². The third-order valence-corrected chi connectivity index (χ3v) is 3.85. The molecule has 0 unspecified atom stereocenters. The second kappa shape index (κ2) is 7.71. The Hall–Kier alpha value is -1.20. The number of hydrogen-bond donors (Lipinski definition) is 1. The van der Waals surface area contributed by atoms with E-state index in [0.717, 1.165) is 4.90 Å². The van der Waals surface area contributed by atoms with E-state index in [-0.39, 0.29) is 11.7 Å². The average Bonchev–Trinajstić information content (AvgIpc) is 2.35. The first-order valence-corrected chi connectivity index (χ1v) is 7.95. The Labute approximate surface area is 134 Å². The fourth-order valence-corrected chi connectivity index (χ4v) is 2.49. The molecule has 0 saturated heterocycles. The molecule has 1 atom stereocenters. The maximum atomic E-state index is 11.8. The number of halogens is 1. The second-order valence-electron chi connectivity index (χ2n) is 5.54. The number of rotatable bonds is 5. The molecule has 6 heteroatoms. The van der Waals surface area contributed by atoms with Gasteiger partial charge >= 0.3 is 5.97 Å². The minimum absolute atomic E-state index is 0.191. The van der Waals surface area contributed by atoms with Crippen molar-refractivity contribution < 1.29 is 14.3 Å². The molecule has 1 aromatic carbocycles. The van der Waals surface area contributed by atoms with E-state index in [2.05, 4.69) is 5.32 Å². The number of carbonyl (C=O) groups is 2. The van der Waals surface area contributed by atoms with Gasteiger partial charge in [0.05, 0.1) is 10.8 Å². The molecule has 0 spiro atoms. The lowest BCUT2D eigenvalue weighted by Gasteiger charge is -2.22. The van der Waals surface area contributed by atoms with Gasteiger partial charge in [-0.15, -0.1) is 11.8 Å². The van der Waals surface area contributed by atoms with Crippen LogP contribution in [0.25, 0.3) is 0 Å². The molecular formula is C15H20ClNO3S. The van der Waals surface area contributed by atoms with Crippen LogP contribution in [-0.4, -0.2) is 29.3 Å². The number of hydrogen-bond acceptors (Lipinski definition) is 4. The lowest BCUT2D eigenvalue weighted by Crippen LogP contribution is -2.42. The third kappa shape index (κ3) is 6.87. The summed E-state index contributed by atoms with van der Waals surface area (Å²) in [6.45, 7) is 6.96. The molecule has 4 nitrogen and oxygen atoms in total. The van der Waals surface area contributed by atoms with Crippen LogP contribution in [0.2, 0.25) is 5.02 Å². The highest BCUT2D eigenvalue weighted by Crippen LogP contribution is 2.26. The summed E-state index contributed by atoms with van der Waals surface area (Å²) in [4.78, 5) is 24.4. The summed E-state index contributed by atoms with van der Waals surface area (Å²) in [6, 6.07) is 6.62. The van der Waals surface area contributed by atoms with Gasteiger partial charge in [-0.05, 0) is 39.8 Å². The van der Waals surface area contributed by atoms with Crippen molar-refractivity contribution in [2.45, 2.75) is 44.2 Å². The lowest BCUT2D eigenvalue weighted by atomic mass is 10.2. The van der Waals surface area contributed by atoms with Gasteiger partial charge in [-0.25, -0.2) is 4.79 Å². The summed E-state index contributed by atoms with van der Waals surface area (Å²) in [6.07, 6.45) is 0. The Bertz CT molecular complexity index is 514. The summed E-state index contributed by atoms with van der Waals surface area (Å²) in [5, 5.41) is 3.22. The van der Waals surface area contributed by atoms with E-state index >= 15 is 0 Å². The van der Waals surface area contributed by atoms with Gasteiger partial charge in [0.1, 0.15) is 11.6 Å². The molecule has 1 aromatic rings. The van der Waals surface area contributed by atoms with Gasteiger partial charge < -0.3 is 10.1 Å². The molecule has 1 rings (SSSR count). The molecule has 0 aliphatic rings. The first-order chi connectivity index (χ1) is 9.69. The van der Waals surface area contributed by atoms with Gasteiger partial charge in [-0.2, -0.15) is 0 Å². The predicted octanol–water partition coefficient (Wildman–Crippen LogP) is 3.28. The number of amides is 1. The summed E-state index contributed by atoms with van der Waals surface area (Å²) in [7, 11) is 0. The Morgan fingerprint density at radius 2 is 1.95 bits per heavy atom. The molecule has 116 valence electrons. The van der Waals surface area contributed by atoms with Gasteiger partial charge in [0, 0.05) is 4.90 Å². The summed E-state index contributed by atoms with van der Waals surface area (Å²) in [5.41, 5.74) is -0.567. The molecule has 0 saturated carbocycles. The fraction of sp³-hybridized carbons (Fsp3) is 0.467. The van der Waals surface area contributed by atoms with Gasteiger partial charge in [-0.1, -0.05) is 23.7 Å². The van der Waals surface area contributed by atoms with E-state index in [1.165, 1.54) is 11.8 Å². The van der Waals surface area contributed by atoms with Crippen LogP contribution in [0, 0.1) is 0 Å². The fourth-order valence-electron chi connectivity index (χ4n) is 1.44. The van der Waals surface area contributed by atoms with Crippen LogP contribution >= 0.6 is 23.4 Å². The van der Waals surface area contributed by atoms with E-state index in [9.17, 15) is 9.59 Å². The molecular weight excluding hydrogens is 310 g/mol. The van der Waals surface area contributed by atoms with E-state index in [4.69, 9.17) is 16.3 Å². The van der Waals surface area contributed by atoms with E-state index in [1.807, 2.05) is 18.2 Å². The highest BCUT2D eigenvalue weighted by molar-refractivity contribution is 8.00. The summed E-state index contributed by atoms with van der Waals surface area (Å²) in [5.74, 6) is -0.492. The van der Waals surface area contributed by atoms with Crippen molar-refractivity contribution in [1.29, 1.82) is 0 Å².